The molecule has 8 aliphatic rings. The zero-order valence-electron chi connectivity index (χ0n) is 74.7. The first kappa shape index (κ1) is 102. The molecule has 8 fully saturated rings. The molecule has 0 aromatic heterocycles. The minimum absolute atomic E-state index is 0.105. The van der Waals surface area contributed by atoms with Gasteiger partial charge in [0.15, 0.2) is 30.5 Å². The Morgan fingerprint density at radius 1 is 0.358 bits per heavy atom. The number of alkyl halides is 2. The summed E-state index contributed by atoms with van der Waals surface area (Å²) in [6, 6.07) is 28.1. The van der Waals surface area contributed by atoms with Gasteiger partial charge in [-0.1, -0.05) is 160 Å². The van der Waals surface area contributed by atoms with Crippen LogP contribution in [-0.4, -0.2) is 296 Å². The molecule has 8 heterocycles. The highest BCUT2D eigenvalue weighted by Gasteiger charge is 2.69. The van der Waals surface area contributed by atoms with Crippen molar-refractivity contribution in [1.29, 1.82) is 0 Å². The van der Waals surface area contributed by atoms with Crippen molar-refractivity contribution in [2.75, 3.05) is 73.2 Å². The van der Waals surface area contributed by atoms with Crippen LogP contribution in [0.15, 0.2) is 121 Å². The van der Waals surface area contributed by atoms with Crippen molar-refractivity contribution >= 4 is 101 Å². The van der Waals surface area contributed by atoms with Gasteiger partial charge in [0.2, 0.25) is 0 Å². The van der Waals surface area contributed by atoms with Gasteiger partial charge in [0, 0.05) is 20.8 Å². The van der Waals surface area contributed by atoms with Crippen LogP contribution in [0.3, 0.4) is 0 Å². The molecular formula is C90H110Cl2N4O38. The molecule has 4 N–H and O–H groups in total. The lowest BCUT2D eigenvalue weighted by Crippen LogP contribution is -2.71. The van der Waals surface area contributed by atoms with E-state index in [2.05, 4.69) is 28.2 Å². The monoisotopic (exact) mass is 1920 g/mol. The number of fused-ring (bicyclic) bond motifs is 4. The Morgan fingerprint density at radius 3 is 0.910 bits per heavy atom. The van der Waals surface area contributed by atoms with Crippen molar-refractivity contribution in [3.63, 3.8) is 0 Å². The average Bonchev–Trinajstić information content (AvgIpc) is 1.46. The first-order valence-corrected chi connectivity index (χ1v) is 44.7. The van der Waals surface area contributed by atoms with Crippen LogP contribution >= 0.6 is 23.2 Å². The van der Waals surface area contributed by atoms with Crippen LogP contribution in [-0.2, 0) is 188 Å². The molecule has 0 saturated carbocycles. The van der Waals surface area contributed by atoms with E-state index in [0.29, 0.717) is 35.1 Å². The number of methoxy groups -OCH3 is 4. The van der Waals surface area contributed by atoms with Crippen LogP contribution in [0.5, 0.6) is 0 Å². The van der Waals surface area contributed by atoms with E-state index >= 15 is 14.4 Å². The molecule has 4 aromatic rings. The standard InChI is InChI=1S/C90H110Cl2N4O38/c1-9-10-11-12-13-26-35-118-87(79(102)110-5)36-57-67(93-83(106)123-57)76(131-87)72(119-50(2)97)62(47-115-43-54-29-20-15-21-30-54)128-89(81(104)112-7)38-59-69(95-85(108)125-59)78(133-89)74(121-52(4)99)64(49-117-45-56-33-24-17-25-34-56)130-90(82(105)113-8)39-60-70(96-86(109)126-60)77(134-90)73(120-51(3)98)63(48-116-44-55-31-22-16-23-32-55)129-88(80(103)111-6)37-58-68(94-84(107)124-58)75(132-88)71(127-66(101)41-92)61(122-65(100)40-91)46-114-42-53-27-18-14-19-28-53/h14-25,27-34,57-64,67-78H,9-13,26,35-49H2,1-8H3,(H,93,106)(H,94,107)(H,95,108)(H,96,109). The Balaban J connectivity index is 0.978. The number of esters is 9. The van der Waals surface area contributed by atoms with Crippen LogP contribution < -0.4 is 21.3 Å². The number of alkyl carbamates (subject to hydrolysis) is 4. The third-order valence-corrected chi connectivity index (χ3v) is 23.7. The van der Waals surface area contributed by atoms with E-state index in [1.807, 2.05) is 0 Å². The number of amides is 4. The van der Waals surface area contributed by atoms with Gasteiger partial charge in [0.25, 0.3) is 23.1 Å². The summed E-state index contributed by atoms with van der Waals surface area (Å²) in [5.74, 6) is -24.5. The molecule has 0 bridgehead atoms. The maximum Gasteiger partial charge on any atom is 0.407 e. The van der Waals surface area contributed by atoms with Gasteiger partial charge in [-0.3, -0.25) is 24.0 Å². The number of benzene rings is 4. The largest absolute Gasteiger partial charge is 0.465 e. The van der Waals surface area contributed by atoms with Crippen LogP contribution in [0.1, 0.15) is 114 Å². The lowest BCUT2D eigenvalue weighted by Gasteiger charge is -2.50. The molecule has 8 aliphatic heterocycles. The minimum Gasteiger partial charge on any atom is -0.465 e. The van der Waals surface area contributed by atoms with Crippen molar-refractivity contribution < 1.29 is 181 Å². The second-order valence-corrected chi connectivity index (χ2v) is 33.2. The highest BCUT2D eigenvalue weighted by Crippen LogP contribution is 2.48. The van der Waals surface area contributed by atoms with Gasteiger partial charge in [-0.15, -0.1) is 23.2 Å². The Bertz CT molecular complexity index is 4670. The summed E-state index contributed by atoms with van der Waals surface area (Å²) in [4.78, 5) is 187. The molecule has 44 heteroatoms. The maximum absolute atomic E-state index is 15.8. The summed E-state index contributed by atoms with van der Waals surface area (Å²) in [7, 11) is 3.81. The molecule has 134 heavy (non-hydrogen) atoms. The number of carbonyl (C=O) groups is 13. The summed E-state index contributed by atoms with van der Waals surface area (Å²) < 4.78 is 157. The number of carbonyl (C=O) groups excluding carboxylic acids is 13. The number of rotatable bonds is 49. The predicted octanol–water partition coefficient (Wildman–Crippen LogP) is 6.02. The van der Waals surface area contributed by atoms with E-state index in [9.17, 15) is 47.9 Å². The van der Waals surface area contributed by atoms with Gasteiger partial charge in [-0.25, -0.2) is 38.4 Å². The SMILES string of the molecule is CCCCCCCCOC1(C(=O)OC)CC2OC(=O)NC2C(C(OC(C)=O)C(COCc2ccccc2)OC2(C(=O)OC)CC3OC(=O)NC3C(C(OC(C)=O)C(COCc3ccccc3)OC3(C(=O)OC)CC4OC(=O)NC4C(C(OC(C)=O)C(COCc4ccccc4)OC4(C(=O)OC)CC5OC(=O)NC5C(C(OC(=O)CCl)C(COCc5ccccc5)OC(=O)CCl)O4)O3)O2)O1. The summed E-state index contributed by atoms with van der Waals surface area (Å²) in [6.07, 6.45) is -33.6. The third kappa shape index (κ3) is 25.5. The van der Waals surface area contributed by atoms with Gasteiger partial charge >= 0.3 is 78.1 Å². The molecule has 0 aliphatic carbocycles. The second-order valence-electron chi connectivity index (χ2n) is 32.6. The summed E-state index contributed by atoms with van der Waals surface area (Å²) in [5, 5.41) is 10.6. The fourth-order valence-corrected chi connectivity index (χ4v) is 17.5. The molecule has 42 nitrogen and oxygen atoms in total. The Morgan fingerprint density at radius 2 is 0.619 bits per heavy atom. The van der Waals surface area contributed by atoms with E-state index in [-0.39, 0.29) is 33.0 Å². The minimum atomic E-state index is -3.17. The van der Waals surface area contributed by atoms with Gasteiger partial charge in [-0.05, 0) is 28.7 Å². The summed E-state index contributed by atoms with van der Waals surface area (Å²) >= 11 is 12.2. The molecule has 24 unspecified atom stereocenters. The highest BCUT2D eigenvalue weighted by atomic mass is 35.5. The zero-order valence-corrected chi connectivity index (χ0v) is 76.2. The number of hydrogen-bond acceptors (Lipinski definition) is 38. The van der Waals surface area contributed by atoms with E-state index in [1.54, 1.807) is 121 Å². The average molecular weight is 1930 g/mol. The zero-order chi connectivity index (χ0) is 95.9. The second kappa shape index (κ2) is 47.7. The molecule has 24 atom stereocenters. The normalized spacial score (nSPS) is 28.2. The lowest BCUT2D eigenvalue weighted by atomic mass is 9.87. The van der Waals surface area contributed by atoms with Crippen LogP contribution in [0.2, 0.25) is 0 Å². The summed E-state index contributed by atoms with van der Waals surface area (Å²) in [5.41, 5.74) is 2.23. The fraction of sp³-hybridized carbons (Fsp3) is 0.589. The van der Waals surface area contributed by atoms with Gasteiger partial charge < -0.3 is 140 Å². The van der Waals surface area contributed by atoms with Crippen LogP contribution in [0.4, 0.5) is 19.2 Å². The molecule has 0 radical (unpaired) electrons. The lowest BCUT2D eigenvalue weighted by molar-refractivity contribution is -0.360. The maximum atomic E-state index is 15.8. The smallest absolute Gasteiger partial charge is 0.407 e. The first-order chi connectivity index (χ1) is 64.5. The number of unbranched alkanes of at least 4 members (excludes halogenated alkanes) is 5. The predicted molar refractivity (Wildman–Crippen MR) is 452 cm³/mol. The number of halogens is 2. The molecule has 4 aromatic carbocycles. The molecule has 12 rings (SSSR count). The van der Waals surface area contributed by atoms with Crippen molar-refractivity contribution in [2.24, 2.45) is 0 Å². The molecule has 8 saturated heterocycles. The highest BCUT2D eigenvalue weighted by molar-refractivity contribution is 6.26. The van der Waals surface area contributed by atoms with E-state index in [0.717, 1.165) is 74.9 Å². The molecular weight excluding hydrogens is 1820 g/mol. The Hall–Kier alpha value is -10.7. The first-order valence-electron chi connectivity index (χ1n) is 43.6. The van der Waals surface area contributed by atoms with Crippen molar-refractivity contribution in [1.82, 2.24) is 21.3 Å². The number of nitrogens with one attached hydrogen (secondary N) is 4. The van der Waals surface area contributed by atoms with Crippen LogP contribution in [0, 0.1) is 0 Å². The van der Waals surface area contributed by atoms with Crippen molar-refractivity contribution in [2.45, 2.75) is 263 Å². The van der Waals surface area contributed by atoms with Crippen molar-refractivity contribution in [3.05, 3.63) is 144 Å². The Labute approximate surface area is 779 Å². The van der Waals surface area contributed by atoms with Gasteiger partial charge in [0.05, 0.1) is 138 Å². The van der Waals surface area contributed by atoms with E-state index in [1.165, 1.54) is 0 Å². The van der Waals surface area contributed by atoms with Gasteiger partial charge in [0.1, 0.15) is 78.9 Å². The van der Waals surface area contributed by atoms with E-state index < -0.39 is 287 Å². The molecule has 0 spiro atoms. The van der Waals surface area contributed by atoms with Gasteiger partial charge in [-0.2, -0.15) is 0 Å². The quantitative estimate of drug-likeness (QED) is 0.0170. The number of hydrogen-bond donors (Lipinski definition) is 4. The third-order valence-electron chi connectivity index (χ3n) is 23.2. The molecule has 732 valence electrons. The topological polar surface area (TPSA) is 501 Å². The fourth-order valence-electron chi connectivity index (χ4n) is 17.4. The van der Waals surface area contributed by atoms with E-state index in [4.69, 9.17) is 142 Å². The van der Waals surface area contributed by atoms with Crippen LogP contribution in [0.25, 0.3) is 0 Å². The Kier molecular flexibility index (Phi) is 36.4. The molecule has 4 amide bonds. The summed E-state index contributed by atoms with van der Waals surface area (Å²) in [6.45, 7) is 0.766. The van der Waals surface area contributed by atoms with Crippen molar-refractivity contribution in [3.8, 4) is 0 Å². The number of ether oxygens (including phenoxy) is 25.